The predicted octanol–water partition coefficient (Wildman–Crippen LogP) is -1.12. The van der Waals surface area contributed by atoms with Gasteiger partial charge in [-0.05, 0) is 25.7 Å². The van der Waals surface area contributed by atoms with Crippen LogP contribution in [0.1, 0.15) is 38.5 Å². The van der Waals surface area contributed by atoms with Gasteiger partial charge in [0, 0.05) is 0 Å². The second kappa shape index (κ2) is 5.81. The maximum absolute atomic E-state index is 11.5. The average Bonchev–Trinajstić information content (AvgIpc) is 2.27. The second-order valence-electron chi connectivity index (χ2n) is 5.60. The number of rotatable bonds is 0. The number of carbonyl (C=O) groups is 1. The summed E-state index contributed by atoms with van der Waals surface area (Å²) in [5, 5.41) is 0. The molecule has 0 spiro atoms. The summed E-state index contributed by atoms with van der Waals surface area (Å²) in [6, 6.07) is 1.24. The molecule has 2 fully saturated rings. The fourth-order valence-electron chi connectivity index (χ4n) is 3.01. The van der Waals surface area contributed by atoms with Crippen molar-refractivity contribution in [3.05, 3.63) is 0 Å². The average molecular weight is 285 g/mol. The molecule has 0 aromatic rings. The fraction of sp³-hybridized carbons (Fsp3) is 0.909. The zero-order chi connectivity index (χ0) is 14.0. The molecule has 0 aromatic heterocycles. The van der Waals surface area contributed by atoms with Crippen LogP contribution in [0.4, 0.5) is 0 Å². The van der Waals surface area contributed by atoms with Crippen molar-refractivity contribution in [2.24, 2.45) is 0 Å². The molecule has 6 nitrogen and oxygen atoms in total. The number of halogens is 1. The monoisotopic (exact) mass is 284 g/mol. The number of quaternary nitrogens is 1. The van der Waals surface area contributed by atoms with Crippen LogP contribution < -0.4 is 4.66 Å². The molecule has 0 radical (unpaired) electrons. The molecule has 108 valence electrons. The SMILES string of the molecule is C[N+]1(C)C2CCCCC1CC(=O)C2.[O-][Cl+](O)(O)O. The Kier molecular flexibility index (Phi) is 5.11. The van der Waals surface area contributed by atoms with Crippen molar-refractivity contribution < 1.29 is 38.2 Å². The van der Waals surface area contributed by atoms with Crippen LogP contribution in [0, 0.1) is 10.2 Å². The molecule has 7 heteroatoms. The number of hydrogen-bond acceptors (Lipinski definition) is 5. The standard InChI is InChI=1S/C11H20NO.ClH3O4/c1-12(2)9-5-3-4-6-10(12)8-11(13)7-9;2-1(3,4)5/h9-10H,3-8H2,1-2H3;2-4H/q+1;. The molecule has 2 heterocycles. The number of hydrogen-bond donors (Lipinski definition) is 3. The van der Waals surface area contributed by atoms with E-state index < -0.39 is 10.2 Å². The van der Waals surface area contributed by atoms with Gasteiger partial charge in [0.25, 0.3) is 0 Å². The summed E-state index contributed by atoms with van der Waals surface area (Å²) in [6.45, 7) is 0. The number of Topliss-reactive ketones (excluding diaryl/α,β-unsaturated/α-hetero) is 1. The Labute approximate surface area is 109 Å². The van der Waals surface area contributed by atoms with Gasteiger partial charge in [0.1, 0.15) is 5.78 Å². The van der Waals surface area contributed by atoms with E-state index in [4.69, 9.17) is 18.6 Å². The molecular formula is C11H23ClNO5+. The van der Waals surface area contributed by atoms with Gasteiger partial charge in [-0.15, -0.1) is 0 Å². The van der Waals surface area contributed by atoms with E-state index >= 15 is 0 Å². The molecule has 2 rings (SSSR count). The molecule has 0 aliphatic carbocycles. The van der Waals surface area contributed by atoms with Gasteiger partial charge in [0.15, 0.2) is 0 Å². The Bertz CT molecular complexity index is 276. The first-order valence-electron chi connectivity index (χ1n) is 6.12. The van der Waals surface area contributed by atoms with Crippen molar-refractivity contribution >= 4 is 5.78 Å². The van der Waals surface area contributed by atoms with E-state index in [1.54, 1.807) is 0 Å². The van der Waals surface area contributed by atoms with Crippen molar-refractivity contribution in [2.75, 3.05) is 14.1 Å². The Morgan fingerprint density at radius 3 is 1.78 bits per heavy atom. The summed E-state index contributed by atoms with van der Waals surface area (Å²) in [5.41, 5.74) is 0. The van der Waals surface area contributed by atoms with Crippen LogP contribution in [0.2, 0.25) is 0 Å². The molecular weight excluding hydrogens is 262 g/mol. The van der Waals surface area contributed by atoms with Crippen molar-refractivity contribution in [3.8, 4) is 0 Å². The van der Waals surface area contributed by atoms with E-state index in [9.17, 15) is 4.79 Å². The van der Waals surface area contributed by atoms with Crippen molar-refractivity contribution in [1.82, 2.24) is 0 Å². The third kappa shape index (κ3) is 4.79. The van der Waals surface area contributed by atoms with Gasteiger partial charge in [0.05, 0.1) is 39.0 Å². The first-order chi connectivity index (χ1) is 8.10. The fourth-order valence-corrected chi connectivity index (χ4v) is 3.01. The Balaban J connectivity index is 0.000000280. The zero-order valence-electron chi connectivity index (χ0n) is 10.9. The quantitative estimate of drug-likeness (QED) is 0.489. The first-order valence-corrected chi connectivity index (χ1v) is 7.44. The van der Waals surface area contributed by atoms with Crippen LogP contribution in [0.25, 0.3) is 0 Å². The molecule has 0 amide bonds. The molecule has 2 unspecified atom stereocenters. The van der Waals surface area contributed by atoms with Gasteiger partial charge in [-0.2, -0.15) is 0 Å². The van der Waals surface area contributed by atoms with E-state index in [-0.39, 0.29) is 0 Å². The zero-order valence-corrected chi connectivity index (χ0v) is 11.6. The number of fused-ring (bicyclic) bond motifs is 2. The van der Waals surface area contributed by atoms with E-state index in [0.29, 0.717) is 17.9 Å². The van der Waals surface area contributed by atoms with Crippen LogP contribution >= 0.6 is 0 Å². The van der Waals surface area contributed by atoms with Crippen LogP contribution in [-0.4, -0.2) is 50.4 Å². The summed E-state index contributed by atoms with van der Waals surface area (Å²) >= 11 is 0. The summed E-state index contributed by atoms with van der Waals surface area (Å²) in [4.78, 5) is 11.5. The van der Waals surface area contributed by atoms with Crippen LogP contribution in [0.5, 0.6) is 0 Å². The predicted molar refractivity (Wildman–Crippen MR) is 59.0 cm³/mol. The van der Waals surface area contributed by atoms with Gasteiger partial charge in [-0.25, -0.2) is 0 Å². The van der Waals surface area contributed by atoms with Crippen LogP contribution in [0.15, 0.2) is 0 Å². The summed E-state index contributed by atoms with van der Waals surface area (Å²) in [5.74, 6) is 0.509. The van der Waals surface area contributed by atoms with Crippen molar-refractivity contribution in [3.63, 3.8) is 0 Å². The third-order valence-corrected chi connectivity index (χ3v) is 4.13. The van der Waals surface area contributed by atoms with Crippen LogP contribution in [0.3, 0.4) is 0 Å². The number of carbonyl (C=O) groups excluding carboxylic acids is 1. The van der Waals surface area contributed by atoms with Gasteiger partial charge < -0.3 is 4.48 Å². The Hall–Kier alpha value is -0.240. The van der Waals surface area contributed by atoms with Gasteiger partial charge in [-0.3, -0.25) is 4.79 Å². The molecule has 3 N–H and O–H groups in total. The minimum absolute atomic E-state index is 0.509. The first kappa shape index (κ1) is 15.8. The number of nitrogens with zero attached hydrogens (tertiary/aromatic N) is 1. The summed E-state index contributed by atoms with van der Waals surface area (Å²) < 4.78 is 31.3. The van der Waals surface area contributed by atoms with Crippen molar-refractivity contribution in [1.29, 1.82) is 0 Å². The van der Waals surface area contributed by atoms with Gasteiger partial charge in [-0.1, -0.05) is 0 Å². The summed E-state index contributed by atoms with van der Waals surface area (Å²) in [6.07, 6.45) is 6.85. The van der Waals surface area contributed by atoms with E-state index in [1.165, 1.54) is 25.7 Å². The minimum atomic E-state index is -4.19. The second-order valence-corrected chi connectivity index (χ2v) is 6.47. The van der Waals surface area contributed by atoms with E-state index in [2.05, 4.69) is 14.1 Å². The van der Waals surface area contributed by atoms with Gasteiger partial charge >= 0.3 is 28.9 Å². The van der Waals surface area contributed by atoms with Crippen molar-refractivity contribution in [2.45, 2.75) is 50.6 Å². The molecule has 2 atom stereocenters. The molecule has 2 bridgehead atoms. The number of piperidine rings is 1. The van der Waals surface area contributed by atoms with Crippen LogP contribution in [-0.2, 0) is 4.79 Å². The Morgan fingerprint density at radius 2 is 1.44 bits per heavy atom. The summed E-state index contributed by atoms with van der Waals surface area (Å²) in [7, 11) is 0.431. The topological polar surface area (TPSA) is 101 Å². The molecule has 18 heavy (non-hydrogen) atoms. The normalized spacial score (nSPS) is 32.0. The molecule has 0 aromatic carbocycles. The maximum atomic E-state index is 11.5. The third-order valence-electron chi connectivity index (χ3n) is 4.13. The molecule has 0 saturated carbocycles. The Morgan fingerprint density at radius 1 is 1.11 bits per heavy atom. The van der Waals surface area contributed by atoms with Gasteiger partial charge in [0.2, 0.25) is 0 Å². The molecule has 2 saturated heterocycles. The van der Waals surface area contributed by atoms with E-state index in [1.807, 2.05) is 0 Å². The van der Waals surface area contributed by atoms with E-state index in [0.717, 1.165) is 17.3 Å². The number of ketones is 1. The molecule has 2 aliphatic rings. The molecule has 2 aliphatic heterocycles.